The molecule has 19 heavy (non-hydrogen) atoms. The van der Waals surface area contributed by atoms with Gasteiger partial charge in [-0.05, 0) is 33.2 Å². The zero-order valence-electron chi connectivity index (χ0n) is 12.3. The summed E-state index contributed by atoms with van der Waals surface area (Å²) in [7, 11) is 7.73. The summed E-state index contributed by atoms with van der Waals surface area (Å²) in [4.78, 5) is 20.1. The topological polar surface area (TPSA) is 60.5 Å². The molecule has 0 bridgehead atoms. The molecule has 0 radical (unpaired) electrons. The highest BCUT2D eigenvalue weighted by atomic mass is 16.2. The van der Waals surface area contributed by atoms with Gasteiger partial charge in [0.1, 0.15) is 0 Å². The van der Waals surface area contributed by atoms with Gasteiger partial charge < -0.3 is 20.4 Å². The lowest BCUT2D eigenvalue weighted by atomic mass is 10.3. The van der Waals surface area contributed by atoms with Crippen LogP contribution >= 0.6 is 0 Å². The van der Waals surface area contributed by atoms with Crippen molar-refractivity contribution in [1.29, 1.82) is 0 Å². The number of amides is 2. The molecule has 0 saturated carbocycles. The fourth-order valence-corrected chi connectivity index (χ4v) is 1.54. The number of urea groups is 1. The van der Waals surface area contributed by atoms with Gasteiger partial charge in [0.2, 0.25) is 0 Å². The minimum atomic E-state index is -0.212. The van der Waals surface area contributed by atoms with Crippen LogP contribution in [-0.4, -0.2) is 57.2 Å². The predicted octanol–water partition coefficient (Wildman–Crippen LogP) is 1.14. The average Bonchev–Trinajstić information content (AvgIpc) is 2.30. The van der Waals surface area contributed by atoms with Gasteiger partial charge in [-0.2, -0.15) is 0 Å². The molecule has 106 valence electrons. The van der Waals surface area contributed by atoms with Crippen LogP contribution in [0.15, 0.2) is 12.1 Å². The summed E-state index contributed by atoms with van der Waals surface area (Å²) >= 11 is 0. The molecule has 0 aliphatic rings. The number of nitrogens with zero attached hydrogens (tertiary/aromatic N) is 3. The molecule has 0 aromatic carbocycles. The molecule has 6 heteroatoms. The molecule has 0 aliphatic carbocycles. The lowest BCUT2D eigenvalue weighted by molar-refractivity contribution is 0.250. The molecule has 1 aromatic heterocycles. The Hall–Kier alpha value is -1.82. The van der Waals surface area contributed by atoms with E-state index in [1.54, 1.807) is 0 Å². The van der Waals surface area contributed by atoms with Gasteiger partial charge in [-0.3, -0.25) is 0 Å². The number of carbonyl (C=O) groups excluding carboxylic acids is 1. The quantitative estimate of drug-likeness (QED) is 0.838. The van der Waals surface area contributed by atoms with Gasteiger partial charge in [0.15, 0.2) is 5.82 Å². The first kappa shape index (κ1) is 15.2. The molecule has 2 N–H and O–H groups in total. The minimum Gasteiger partial charge on any atom is -0.361 e. The normalized spacial score (nSPS) is 10.4. The first-order chi connectivity index (χ1) is 8.90. The first-order valence-corrected chi connectivity index (χ1v) is 6.24. The maximum atomic E-state index is 11.8. The molecule has 0 saturated heterocycles. The van der Waals surface area contributed by atoms with Crippen LogP contribution < -0.4 is 15.5 Å². The summed E-state index contributed by atoms with van der Waals surface area (Å²) in [6.07, 6.45) is 0. The van der Waals surface area contributed by atoms with Gasteiger partial charge in [-0.15, -0.1) is 0 Å². The Morgan fingerprint density at radius 2 is 1.95 bits per heavy atom. The van der Waals surface area contributed by atoms with Crippen molar-refractivity contribution >= 4 is 17.5 Å². The van der Waals surface area contributed by atoms with Gasteiger partial charge in [-0.1, -0.05) is 0 Å². The molecular weight excluding hydrogens is 242 g/mol. The Bertz CT molecular complexity index is 431. The number of carbonyl (C=O) groups is 1. The van der Waals surface area contributed by atoms with Crippen LogP contribution in [0.3, 0.4) is 0 Å². The smallest absolute Gasteiger partial charge is 0.319 e. The van der Waals surface area contributed by atoms with Crippen molar-refractivity contribution in [3.63, 3.8) is 0 Å². The summed E-state index contributed by atoms with van der Waals surface area (Å²) in [5.74, 6) is 0.753. The summed E-state index contributed by atoms with van der Waals surface area (Å²) < 4.78 is 0. The SMILES string of the molecule is Cc1ccc(NC(=O)NCCN(C)C)c(N(C)C)n1. The molecule has 6 nitrogen and oxygen atoms in total. The summed E-state index contributed by atoms with van der Waals surface area (Å²) in [5.41, 5.74) is 1.63. The second kappa shape index (κ2) is 6.94. The molecule has 1 rings (SSSR count). The van der Waals surface area contributed by atoms with E-state index in [0.29, 0.717) is 12.2 Å². The number of anilines is 2. The number of aryl methyl sites for hydroxylation is 1. The lowest BCUT2D eigenvalue weighted by Crippen LogP contribution is -2.34. The van der Waals surface area contributed by atoms with Crippen molar-refractivity contribution in [2.75, 3.05) is 51.5 Å². The van der Waals surface area contributed by atoms with E-state index in [0.717, 1.165) is 18.1 Å². The highest BCUT2D eigenvalue weighted by Gasteiger charge is 2.09. The third-order valence-corrected chi connectivity index (χ3v) is 2.53. The van der Waals surface area contributed by atoms with E-state index in [2.05, 4.69) is 15.6 Å². The van der Waals surface area contributed by atoms with Crippen molar-refractivity contribution in [2.45, 2.75) is 6.92 Å². The van der Waals surface area contributed by atoms with Crippen LogP contribution in [0.2, 0.25) is 0 Å². The number of pyridine rings is 1. The predicted molar refractivity (Wildman–Crippen MR) is 78.9 cm³/mol. The van der Waals surface area contributed by atoms with Crippen molar-refractivity contribution in [2.24, 2.45) is 0 Å². The standard InChI is InChI=1S/C13H23N5O/c1-10-6-7-11(12(15-10)18(4)5)16-13(19)14-8-9-17(2)3/h6-7H,8-9H2,1-5H3,(H2,14,16,19). The van der Waals surface area contributed by atoms with Crippen LogP contribution in [0.4, 0.5) is 16.3 Å². The molecule has 0 unspecified atom stereocenters. The van der Waals surface area contributed by atoms with E-state index in [-0.39, 0.29) is 6.03 Å². The number of rotatable bonds is 5. The third kappa shape index (κ3) is 5.13. The second-order valence-electron chi connectivity index (χ2n) is 4.90. The Kier molecular flexibility index (Phi) is 5.57. The molecule has 0 fully saturated rings. The summed E-state index contributed by atoms with van der Waals surface area (Å²) in [6.45, 7) is 3.34. The molecule has 2 amide bonds. The van der Waals surface area contributed by atoms with E-state index in [4.69, 9.17) is 0 Å². The van der Waals surface area contributed by atoms with E-state index >= 15 is 0 Å². The maximum absolute atomic E-state index is 11.8. The van der Waals surface area contributed by atoms with E-state index in [9.17, 15) is 4.79 Å². The van der Waals surface area contributed by atoms with E-state index in [1.807, 2.05) is 57.0 Å². The average molecular weight is 265 g/mol. The van der Waals surface area contributed by atoms with Gasteiger partial charge in [0.05, 0.1) is 5.69 Å². The molecule has 1 heterocycles. The third-order valence-electron chi connectivity index (χ3n) is 2.53. The fourth-order valence-electron chi connectivity index (χ4n) is 1.54. The maximum Gasteiger partial charge on any atom is 0.319 e. The number of nitrogens with one attached hydrogen (secondary N) is 2. The van der Waals surface area contributed by atoms with Gasteiger partial charge in [0.25, 0.3) is 0 Å². The Morgan fingerprint density at radius 3 is 2.53 bits per heavy atom. The van der Waals surface area contributed by atoms with Crippen LogP contribution in [0.25, 0.3) is 0 Å². The van der Waals surface area contributed by atoms with Crippen molar-refractivity contribution in [3.8, 4) is 0 Å². The Labute approximate surface area is 114 Å². The molecular formula is C13H23N5O. The van der Waals surface area contributed by atoms with E-state index < -0.39 is 0 Å². The number of likely N-dealkylation sites (N-methyl/N-ethyl adjacent to an activating group) is 1. The van der Waals surface area contributed by atoms with Crippen molar-refractivity contribution in [1.82, 2.24) is 15.2 Å². The van der Waals surface area contributed by atoms with E-state index in [1.165, 1.54) is 0 Å². The van der Waals surface area contributed by atoms with Gasteiger partial charge in [-0.25, -0.2) is 9.78 Å². The Balaban J connectivity index is 2.63. The summed E-state index contributed by atoms with van der Waals surface area (Å²) in [6, 6.07) is 3.53. The monoisotopic (exact) mass is 265 g/mol. The largest absolute Gasteiger partial charge is 0.361 e. The van der Waals surface area contributed by atoms with Crippen molar-refractivity contribution < 1.29 is 4.79 Å². The Morgan fingerprint density at radius 1 is 1.26 bits per heavy atom. The van der Waals surface area contributed by atoms with Crippen molar-refractivity contribution in [3.05, 3.63) is 17.8 Å². The minimum absolute atomic E-state index is 0.212. The molecule has 0 aliphatic heterocycles. The number of hydrogen-bond acceptors (Lipinski definition) is 4. The molecule has 0 atom stereocenters. The highest BCUT2D eigenvalue weighted by molar-refractivity contribution is 5.92. The molecule has 1 aromatic rings. The zero-order chi connectivity index (χ0) is 14.4. The zero-order valence-corrected chi connectivity index (χ0v) is 12.3. The second-order valence-corrected chi connectivity index (χ2v) is 4.90. The van der Waals surface area contributed by atoms with Gasteiger partial charge >= 0.3 is 6.03 Å². The van der Waals surface area contributed by atoms with Crippen LogP contribution in [-0.2, 0) is 0 Å². The van der Waals surface area contributed by atoms with Crippen LogP contribution in [0.1, 0.15) is 5.69 Å². The lowest BCUT2D eigenvalue weighted by Gasteiger charge is -2.17. The number of aromatic nitrogens is 1. The fraction of sp³-hybridized carbons (Fsp3) is 0.538. The van der Waals surface area contributed by atoms with Crippen LogP contribution in [0.5, 0.6) is 0 Å². The highest BCUT2D eigenvalue weighted by Crippen LogP contribution is 2.21. The van der Waals surface area contributed by atoms with Gasteiger partial charge in [0, 0.05) is 32.9 Å². The number of hydrogen-bond donors (Lipinski definition) is 2. The first-order valence-electron chi connectivity index (χ1n) is 6.24. The molecule has 0 spiro atoms. The summed E-state index contributed by atoms with van der Waals surface area (Å²) in [5, 5.41) is 5.63. The van der Waals surface area contributed by atoms with Crippen LogP contribution in [0, 0.1) is 6.92 Å².